The average Bonchev–Trinajstić information content (AvgIpc) is 3.04. The zero-order valence-corrected chi connectivity index (χ0v) is 25.9. The van der Waals surface area contributed by atoms with Crippen LogP contribution in [0, 0.1) is 0 Å². The van der Waals surface area contributed by atoms with Crippen molar-refractivity contribution in [3.8, 4) is 11.5 Å². The lowest BCUT2D eigenvalue weighted by atomic mass is 10.0. The van der Waals surface area contributed by atoms with Crippen LogP contribution in [-0.2, 0) is 39.2 Å². The lowest BCUT2D eigenvalue weighted by Gasteiger charge is -2.33. The minimum Gasteiger partial charge on any atom is -0.497 e. The zero-order chi connectivity index (χ0) is 31.5. The molecule has 0 bridgehead atoms. The molecule has 2 amide bonds. The first-order chi connectivity index (χ1) is 21.2. The van der Waals surface area contributed by atoms with Gasteiger partial charge in [0.2, 0.25) is 21.8 Å². The fourth-order valence-electron chi connectivity index (χ4n) is 4.75. The van der Waals surface area contributed by atoms with E-state index >= 15 is 0 Å². The molecule has 0 aliphatic heterocycles. The van der Waals surface area contributed by atoms with Crippen molar-refractivity contribution in [2.24, 2.45) is 0 Å². The van der Waals surface area contributed by atoms with Crippen LogP contribution in [0.4, 0.5) is 5.69 Å². The number of sulfonamides is 1. The van der Waals surface area contributed by atoms with Crippen LogP contribution < -0.4 is 19.1 Å². The summed E-state index contributed by atoms with van der Waals surface area (Å²) in [5.74, 6) is 0.254. The van der Waals surface area contributed by atoms with Crippen molar-refractivity contribution in [2.45, 2.75) is 25.6 Å². The molecule has 10 heteroatoms. The average molecular weight is 616 g/mol. The fourth-order valence-corrected chi connectivity index (χ4v) is 5.60. The first-order valence-corrected chi connectivity index (χ1v) is 15.9. The maximum absolute atomic E-state index is 14.1. The van der Waals surface area contributed by atoms with Gasteiger partial charge in [0.05, 0.1) is 19.1 Å². The number of carbonyl (C=O) groups is 2. The van der Waals surface area contributed by atoms with Gasteiger partial charge in [0, 0.05) is 20.0 Å². The highest BCUT2D eigenvalue weighted by molar-refractivity contribution is 7.92. The molecule has 9 nitrogen and oxygen atoms in total. The van der Waals surface area contributed by atoms with Crippen LogP contribution in [0.25, 0.3) is 0 Å². The largest absolute Gasteiger partial charge is 0.497 e. The summed E-state index contributed by atoms with van der Waals surface area (Å²) >= 11 is 0. The number of benzene rings is 4. The molecule has 1 N–H and O–H groups in total. The van der Waals surface area contributed by atoms with Crippen LogP contribution in [0.3, 0.4) is 0 Å². The number of hydrogen-bond acceptors (Lipinski definition) is 6. The highest BCUT2D eigenvalue weighted by Gasteiger charge is 2.32. The van der Waals surface area contributed by atoms with Crippen molar-refractivity contribution >= 4 is 27.5 Å². The van der Waals surface area contributed by atoms with E-state index in [2.05, 4.69) is 5.32 Å². The molecule has 0 heterocycles. The number of ether oxygens (including phenoxy) is 2. The fraction of sp³-hybridized carbons (Fsp3) is 0.235. The zero-order valence-electron chi connectivity index (χ0n) is 25.1. The van der Waals surface area contributed by atoms with Crippen molar-refractivity contribution in [1.82, 2.24) is 10.2 Å². The molecule has 0 fully saturated rings. The van der Waals surface area contributed by atoms with E-state index in [4.69, 9.17) is 9.47 Å². The summed E-state index contributed by atoms with van der Waals surface area (Å²) in [6.45, 7) is -0.0872. The van der Waals surface area contributed by atoms with Gasteiger partial charge in [-0.05, 0) is 53.1 Å². The molecule has 0 saturated heterocycles. The molecule has 0 spiro atoms. The van der Waals surface area contributed by atoms with E-state index in [9.17, 15) is 18.0 Å². The summed E-state index contributed by atoms with van der Waals surface area (Å²) in [5, 5.41) is 2.67. The van der Waals surface area contributed by atoms with Crippen molar-refractivity contribution in [3.63, 3.8) is 0 Å². The maximum Gasteiger partial charge on any atom is 0.244 e. The van der Waals surface area contributed by atoms with Gasteiger partial charge >= 0.3 is 0 Å². The SMILES string of the molecule is CNC(=O)[C@H](Cc1ccccc1)N(Cc1cccc(OC)c1)C(=O)CN(c1ccc(OCc2ccccc2)cc1)S(C)(=O)=O. The van der Waals surface area contributed by atoms with E-state index in [-0.39, 0.29) is 18.9 Å². The second kappa shape index (κ2) is 15.1. The van der Waals surface area contributed by atoms with Crippen LogP contribution in [0.2, 0.25) is 0 Å². The maximum atomic E-state index is 14.1. The Labute approximate surface area is 259 Å². The van der Waals surface area contributed by atoms with E-state index in [0.717, 1.165) is 27.3 Å². The van der Waals surface area contributed by atoms with Crippen molar-refractivity contribution in [2.75, 3.05) is 31.3 Å². The van der Waals surface area contributed by atoms with Gasteiger partial charge in [0.15, 0.2) is 0 Å². The molecular formula is C34H37N3O6S. The van der Waals surface area contributed by atoms with Crippen LogP contribution >= 0.6 is 0 Å². The topological polar surface area (TPSA) is 105 Å². The number of amides is 2. The lowest BCUT2D eigenvalue weighted by Crippen LogP contribution is -2.52. The van der Waals surface area contributed by atoms with Crippen molar-refractivity contribution < 1.29 is 27.5 Å². The molecule has 44 heavy (non-hydrogen) atoms. The lowest BCUT2D eigenvalue weighted by molar-refractivity contribution is -0.139. The monoisotopic (exact) mass is 615 g/mol. The molecule has 230 valence electrons. The normalized spacial score (nSPS) is 11.7. The summed E-state index contributed by atoms with van der Waals surface area (Å²) in [5.41, 5.74) is 2.88. The summed E-state index contributed by atoms with van der Waals surface area (Å²) in [4.78, 5) is 28.8. The molecule has 0 aromatic heterocycles. The van der Waals surface area contributed by atoms with Gasteiger partial charge in [-0.2, -0.15) is 0 Å². The Balaban J connectivity index is 1.62. The molecule has 0 radical (unpaired) electrons. The minimum absolute atomic E-state index is 0.0603. The molecule has 0 aliphatic carbocycles. The number of rotatable bonds is 14. The molecule has 4 aromatic rings. The Hall–Kier alpha value is -4.83. The smallest absolute Gasteiger partial charge is 0.244 e. The molecule has 0 unspecified atom stereocenters. The quantitative estimate of drug-likeness (QED) is 0.225. The van der Waals surface area contributed by atoms with Gasteiger partial charge in [-0.25, -0.2) is 8.42 Å². The minimum atomic E-state index is -3.88. The number of anilines is 1. The standard InChI is InChI=1S/C34H37N3O6S/c1-35-34(39)32(22-26-11-6-4-7-12-26)36(23-28-15-10-16-31(21-28)42-2)33(38)24-37(44(3,40)41)29-17-19-30(20-18-29)43-25-27-13-8-5-9-14-27/h4-21,32H,22-25H2,1-3H3,(H,35,39)/t32-/m0/s1. The molecule has 4 rings (SSSR count). The Bertz CT molecular complexity index is 1630. The van der Waals surface area contributed by atoms with Crippen LogP contribution in [-0.4, -0.2) is 58.1 Å². The highest BCUT2D eigenvalue weighted by atomic mass is 32.2. The second-order valence-electron chi connectivity index (χ2n) is 10.2. The summed E-state index contributed by atoms with van der Waals surface area (Å²) in [7, 11) is -0.823. The summed E-state index contributed by atoms with van der Waals surface area (Å²) < 4.78 is 38.3. The van der Waals surface area contributed by atoms with Gasteiger partial charge < -0.3 is 19.7 Å². The van der Waals surface area contributed by atoms with E-state index in [1.807, 2.05) is 66.7 Å². The van der Waals surface area contributed by atoms with Crippen molar-refractivity contribution in [1.29, 1.82) is 0 Å². The third-order valence-electron chi connectivity index (χ3n) is 7.06. The van der Waals surface area contributed by atoms with Gasteiger partial charge in [0.1, 0.15) is 30.7 Å². The number of nitrogens with one attached hydrogen (secondary N) is 1. The Kier molecular flexibility index (Phi) is 11.0. The number of hydrogen-bond donors (Lipinski definition) is 1. The predicted molar refractivity (Wildman–Crippen MR) is 171 cm³/mol. The molecule has 0 aliphatic rings. The summed E-state index contributed by atoms with van der Waals surface area (Å²) in [6.07, 6.45) is 1.29. The highest BCUT2D eigenvalue weighted by Crippen LogP contribution is 2.24. The molecule has 4 aromatic carbocycles. The molecular weight excluding hydrogens is 578 g/mol. The molecule has 1 atom stereocenters. The van der Waals surface area contributed by atoms with E-state index in [1.165, 1.54) is 11.9 Å². The molecule has 0 saturated carbocycles. The van der Waals surface area contributed by atoms with Gasteiger partial charge in [-0.3, -0.25) is 13.9 Å². The van der Waals surface area contributed by atoms with E-state index < -0.39 is 28.5 Å². The van der Waals surface area contributed by atoms with Crippen LogP contribution in [0.1, 0.15) is 16.7 Å². The van der Waals surface area contributed by atoms with Crippen molar-refractivity contribution in [3.05, 3.63) is 126 Å². The third kappa shape index (κ3) is 8.84. The predicted octanol–water partition coefficient (Wildman–Crippen LogP) is 4.43. The van der Waals surface area contributed by atoms with E-state index in [1.54, 1.807) is 49.6 Å². The van der Waals surface area contributed by atoms with Crippen LogP contribution in [0.5, 0.6) is 11.5 Å². The Morgan fingerprint density at radius 1 is 0.795 bits per heavy atom. The Morgan fingerprint density at radius 2 is 1.41 bits per heavy atom. The number of methoxy groups -OCH3 is 1. The van der Waals surface area contributed by atoms with Crippen LogP contribution in [0.15, 0.2) is 109 Å². The van der Waals surface area contributed by atoms with Gasteiger partial charge in [-0.15, -0.1) is 0 Å². The second-order valence-corrected chi connectivity index (χ2v) is 12.1. The third-order valence-corrected chi connectivity index (χ3v) is 8.20. The number of nitrogens with zero attached hydrogens (tertiary/aromatic N) is 2. The summed E-state index contributed by atoms with van der Waals surface area (Å²) in [6, 6.07) is 31.9. The van der Waals surface area contributed by atoms with E-state index in [0.29, 0.717) is 23.8 Å². The van der Waals surface area contributed by atoms with Gasteiger partial charge in [0.25, 0.3) is 0 Å². The van der Waals surface area contributed by atoms with Gasteiger partial charge in [-0.1, -0.05) is 72.8 Å². The number of likely N-dealkylation sites (N-methyl/N-ethyl adjacent to an activating group) is 1. The first-order valence-electron chi connectivity index (χ1n) is 14.1. The Morgan fingerprint density at radius 3 is 2.00 bits per heavy atom. The first kappa shape index (κ1) is 32.1. The number of carbonyl (C=O) groups excluding carboxylic acids is 2.